The van der Waals surface area contributed by atoms with E-state index in [1.54, 1.807) is 0 Å². The van der Waals surface area contributed by atoms with Crippen molar-refractivity contribution in [2.45, 2.75) is 25.3 Å². The molecule has 0 aromatic heterocycles. The Morgan fingerprint density at radius 1 is 1.58 bits per heavy atom. The number of nitrogens with one attached hydrogen (secondary N) is 2. The number of nitrogens with two attached hydrogens (primary N) is 1. The summed E-state index contributed by atoms with van der Waals surface area (Å²) in [6, 6.07) is 0.184. The summed E-state index contributed by atoms with van der Waals surface area (Å²) in [5, 5.41) is 5.37. The van der Waals surface area contributed by atoms with Gasteiger partial charge in [0.15, 0.2) is 0 Å². The Morgan fingerprint density at radius 2 is 2.25 bits per heavy atom. The summed E-state index contributed by atoms with van der Waals surface area (Å²) in [6.45, 7) is 0.272. The highest BCUT2D eigenvalue weighted by atomic mass is 32.1. The molecule has 0 unspecified atom stereocenters. The lowest BCUT2D eigenvalue weighted by atomic mass is 9.93. The second-order valence-electron chi connectivity index (χ2n) is 2.92. The standard InChI is InChI=1S/C7H13N3OS/c8-6(12)4-9-7(11)10-5-2-1-3-5/h5H,1-4H2,(H2,8,12)(H2,9,10,11). The molecular weight excluding hydrogens is 174 g/mol. The van der Waals surface area contributed by atoms with Crippen LogP contribution in [0.2, 0.25) is 0 Å². The molecule has 0 heterocycles. The quantitative estimate of drug-likeness (QED) is 0.550. The van der Waals surface area contributed by atoms with Crippen LogP contribution in [-0.4, -0.2) is 23.6 Å². The van der Waals surface area contributed by atoms with Gasteiger partial charge in [-0.2, -0.15) is 0 Å². The maximum atomic E-state index is 11.0. The van der Waals surface area contributed by atoms with Crippen LogP contribution < -0.4 is 16.4 Å². The van der Waals surface area contributed by atoms with Gasteiger partial charge in [-0.3, -0.25) is 0 Å². The van der Waals surface area contributed by atoms with Crippen LogP contribution in [-0.2, 0) is 0 Å². The number of rotatable bonds is 3. The van der Waals surface area contributed by atoms with Gasteiger partial charge in [0, 0.05) is 6.04 Å². The monoisotopic (exact) mass is 187 g/mol. The van der Waals surface area contributed by atoms with Gasteiger partial charge in [0.05, 0.1) is 11.5 Å². The molecule has 0 aromatic carbocycles. The maximum Gasteiger partial charge on any atom is 0.315 e. The highest BCUT2D eigenvalue weighted by Crippen LogP contribution is 2.17. The SMILES string of the molecule is NC(=S)CNC(=O)NC1CCC1. The molecule has 1 aliphatic carbocycles. The minimum absolute atomic E-state index is 0.174. The normalized spacial score (nSPS) is 16.3. The number of hydrogen-bond donors (Lipinski definition) is 3. The highest BCUT2D eigenvalue weighted by Gasteiger charge is 2.18. The molecule has 0 saturated heterocycles. The molecule has 4 N–H and O–H groups in total. The third-order valence-electron chi connectivity index (χ3n) is 1.86. The molecule has 1 aliphatic rings. The van der Waals surface area contributed by atoms with Crippen molar-refractivity contribution in [1.29, 1.82) is 0 Å². The van der Waals surface area contributed by atoms with E-state index in [0.717, 1.165) is 12.8 Å². The Hall–Kier alpha value is -0.840. The first-order valence-electron chi connectivity index (χ1n) is 4.01. The molecule has 68 valence electrons. The number of carbonyl (C=O) groups is 1. The van der Waals surface area contributed by atoms with Crippen LogP contribution in [0.1, 0.15) is 19.3 Å². The van der Waals surface area contributed by atoms with Gasteiger partial charge in [0.2, 0.25) is 0 Å². The average Bonchev–Trinajstić information content (AvgIpc) is 1.93. The van der Waals surface area contributed by atoms with Crippen molar-refractivity contribution >= 4 is 23.2 Å². The molecule has 0 atom stereocenters. The fraction of sp³-hybridized carbons (Fsp3) is 0.714. The topological polar surface area (TPSA) is 67.1 Å². The van der Waals surface area contributed by atoms with Crippen LogP contribution in [0.5, 0.6) is 0 Å². The zero-order valence-electron chi connectivity index (χ0n) is 6.80. The fourth-order valence-electron chi connectivity index (χ4n) is 0.956. The van der Waals surface area contributed by atoms with Gasteiger partial charge in [-0.15, -0.1) is 0 Å². The summed E-state index contributed by atoms with van der Waals surface area (Å²) in [4.78, 5) is 11.3. The molecule has 1 saturated carbocycles. The molecule has 5 heteroatoms. The van der Waals surface area contributed by atoms with Crippen LogP contribution in [0, 0.1) is 0 Å². The first-order chi connectivity index (χ1) is 5.68. The predicted octanol–water partition coefficient (Wildman–Crippen LogP) is 0.124. The predicted molar refractivity (Wildman–Crippen MR) is 51.0 cm³/mol. The van der Waals surface area contributed by atoms with Gasteiger partial charge in [-0.25, -0.2) is 4.79 Å². The van der Waals surface area contributed by atoms with Crippen molar-refractivity contribution in [2.24, 2.45) is 5.73 Å². The summed E-state index contributed by atoms with van der Waals surface area (Å²) in [5.41, 5.74) is 5.21. The lowest BCUT2D eigenvalue weighted by molar-refractivity contribution is 0.230. The molecule has 0 bridgehead atoms. The second kappa shape index (κ2) is 4.25. The molecule has 1 rings (SSSR count). The summed E-state index contributed by atoms with van der Waals surface area (Å²) in [6.07, 6.45) is 3.38. The van der Waals surface area contributed by atoms with Gasteiger partial charge in [0.1, 0.15) is 0 Å². The van der Waals surface area contributed by atoms with E-state index in [-0.39, 0.29) is 12.6 Å². The van der Waals surface area contributed by atoms with Crippen molar-refractivity contribution in [2.75, 3.05) is 6.54 Å². The zero-order valence-corrected chi connectivity index (χ0v) is 7.62. The van der Waals surface area contributed by atoms with Gasteiger partial charge in [-0.1, -0.05) is 12.2 Å². The van der Waals surface area contributed by atoms with E-state index in [2.05, 4.69) is 22.9 Å². The van der Waals surface area contributed by atoms with Gasteiger partial charge in [0.25, 0.3) is 0 Å². The first kappa shape index (κ1) is 9.25. The molecule has 4 nitrogen and oxygen atoms in total. The van der Waals surface area contributed by atoms with Crippen molar-refractivity contribution in [3.8, 4) is 0 Å². The molecule has 0 spiro atoms. The van der Waals surface area contributed by atoms with Crippen molar-refractivity contribution in [3.05, 3.63) is 0 Å². The summed E-state index contributed by atoms with van der Waals surface area (Å²) in [5.74, 6) is 0. The van der Waals surface area contributed by atoms with E-state index in [1.807, 2.05) is 0 Å². The Morgan fingerprint density at radius 3 is 2.67 bits per heavy atom. The Labute approximate surface area is 76.9 Å². The van der Waals surface area contributed by atoms with E-state index >= 15 is 0 Å². The van der Waals surface area contributed by atoms with Crippen LogP contribution >= 0.6 is 12.2 Å². The molecule has 0 aromatic rings. The third-order valence-corrected chi connectivity index (χ3v) is 2.01. The van der Waals surface area contributed by atoms with E-state index < -0.39 is 0 Å². The number of amides is 2. The van der Waals surface area contributed by atoms with Gasteiger partial charge in [-0.05, 0) is 19.3 Å². The number of hydrogen-bond acceptors (Lipinski definition) is 2. The molecule has 0 radical (unpaired) electrons. The second-order valence-corrected chi connectivity index (χ2v) is 3.45. The summed E-state index contributed by atoms with van der Waals surface area (Å²) >= 11 is 4.61. The number of carbonyl (C=O) groups excluding carboxylic acids is 1. The van der Waals surface area contributed by atoms with E-state index in [0.29, 0.717) is 11.0 Å². The average molecular weight is 187 g/mol. The van der Waals surface area contributed by atoms with Crippen LogP contribution in [0.3, 0.4) is 0 Å². The third kappa shape index (κ3) is 3.04. The largest absolute Gasteiger partial charge is 0.392 e. The highest BCUT2D eigenvalue weighted by molar-refractivity contribution is 7.80. The van der Waals surface area contributed by atoms with Crippen LogP contribution in [0.15, 0.2) is 0 Å². The number of thiocarbonyl (C=S) groups is 1. The molecule has 12 heavy (non-hydrogen) atoms. The molecule has 1 fully saturated rings. The van der Waals surface area contributed by atoms with Gasteiger partial charge < -0.3 is 16.4 Å². The fourth-order valence-corrected chi connectivity index (χ4v) is 1.03. The van der Waals surface area contributed by atoms with Crippen LogP contribution in [0.4, 0.5) is 4.79 Å². The van der Waals surface area contributed by atoms with E-state index in [1.165, 1.54) is 6.42 Å². The van der Waals surface area contributed by atoms with Crippen molar-refractivity contribution in [1.82, 2.24) is 10.6 Å². The van der Waals surface area contributed by atoms with Crippen molar-refractivity contribution in [3.63, 3.8) is 0 Å². The van der Waals surface area contributed by atoms with Crippen molar-refractivity contribution < 1.29 is 4.79 Å². The van der Waals surface area contributed by atoms with E-state index in [9.17, 15) is 4.79 Å². The summed E-state index contributed by atoms with van der Waals surface area (Å²) in [7, 11) is 0. The maximum absolute atomic E-state index is 11.0. The lowest BCUT2D eigenvalue weighted by Crippen LogP contribution is -2.46. The van der Waals surface area contributed by atoms with E-state index in [4.69, 9.17) is 5.73 Å². The number of urea groups is 1. The Balaban J connectivity index is 2.06. The lowest BCUT2D eigenvalue weighted by Gasteiger charge is -2.26. The van der Waals surface area contributed by atoms with Crippen LogP contribution in [0.25, 0.3) is 0 Å². The molecule has 2 amide bonds. The first-order valence-corrected chi connectivity index (χ1v) is 4.42. The summed E-state index contributed by atoms with van der Waals surface area (Å²) < 4.78 is 0. The minimum atomic E-state index is -0.174. The zero-order chi connectivity index (χ0) is 8.97. The van der Waals surface area contributed by atoms with Gasteiger partial charge >= 0.3 is 6.03 Å². The molecule has 0 aliphatic heterocycles. The minimum Gasteiger partial charge on any atom is -0.392 e. The Kier molecular flexibility index (Phi) is 3.28. The smallest absolute Gasteiger partial charge is 0.315 e. The molecular formula is C7H13N3OS. The Bertz CT molecular complexity index is 191.